The largest absolute Gasteiger partial charge is 0.309 e. The van der Waals surface area contributed by atoms with Gasteiger partial charge in [0.15, 0.2) is 0 Å². The summed E-state index contributed by atoms with van der Waals surface area (Å²) in [4.78, 5) is 25.6. The van der Waals surface area contributed by atoms with Gasteiger partial charge in [-0.2, -0.15) is 0 Å². The predicted octanol–water partition coefficient (Wildman–Crippen LogP) is 4.23. The molecule has 0 spiro atoms. The molecule has 2 unspecified atom stereocenters. The van der Waals surface area contributed by atoms with Crippen molar-refractivity contribution in [3.63, 3.8) is 0 Å². The molecule has 1 N–H and O–H groups in total. The van der Waals surface area contributed by atoms with Crippen molar-refractivity contribution in [1.82, 2.24) is 14.9 Å². The molecule has 5 rings (SSSR count). The van der Waals surface area contributed by atoms with E-state index < -0.39 is 0 Å². The predicted molar refractivity (Wildman–Crippen MR) is 110 cm³/mol. The Morgan fingerprint density at radius 2 is 2.07 bits per heavy atom. The van der Waals surface area contributed by atoms with Crippen molar-refractivity contribution < 1.29 is 0 Å². The zero-order valence-corrected chi connectivity index (χ0v) is 16.7. The molecule has 2 aliphatic rings. The summed E-state index contributed by atoms with van der Waals surface area (Å²) in [5, 5.41) is 0.849. The van der Waals surface area contributed by atoms with Crippen LogP contribution in [0.15, 0.2) is 29.1 Å². The summed E-state index contributed by atoms with van der Waals surface area (Å²) < 4.78 is 0. The molecule has 0 saturated carbocycles. The van der Waals surface area contributed by atoms with Gasteiger partial charge in [0, 0.05) is 18.0 Å². The van der Waals surface area contributed by atoms with Crippen LogP contribution in [-0.4, -0.2) is 21.4 Å². The Morgan fingerprint density at radius 3 is 2.93 bits per heavy atom. The second-order valence-electron chi connectivity index (χ2n) is 8.15. The lowest BCUT2D eigenvalue weighted by atomic mass is 9.89. The summed E-state index contributed by atoms with van der Waals surface area (Å²) in [5.41, 5.74) is 4.14. The number of hydrogen-bond acceptors (Lipinski definition) is 4. The average molecular weight is 380 g/mol. The summed E-state index contributed by atoms with van der Waals surface area (Å²) in [6.07, 6.45) is 4.32. The molecule has 0 fully saturated rings. The minimum absolute atomic E-state index is 0.0475. The van der Waals surface area contributed by atoms with Gasteiger partial charge in [-0.1, -0.05) is 31.2 Å². The quantitative estimate of drug-likeness (QED) is 0.725. The first kappa shape index (κ1) is 17.1. The van der Waals surface area contributed by atoms with Gasteiger partial charge in [0.05, 0.1) is 11.4 Å². The van der Waals surface area contributed by atoms with Gasteiger partial charge in [0.25, 0.3) is 5.56 Å². The number of thiophene rings is 1. The lowest BCUT2D eigenvalue weighted by Crippen LogP contribution is -2.34. The van der Waals surface area contributed by atoms with Crippen LogP contribution in [0, 0.1) is 5.92 Å². The summed E-state index contributed by atoms with van der Waals surface area (Å²) in [7, 11) is 0. The van der Waals surface area contributed by atoms with Crippen LogP contribution in [0.4, 0.5) is 0 Å². The van der Waals surface area contributed by atoms with E-state index in [1.54, 1.807) is 11.3 Å². The van der Waals surface area contributed by atoms with Gasteiger partial charge in [-0.05, 0) is 55.2 Å². The van der Waals surface area contributed by atoms with Gasteiger partial charge in [-0.25, -0.2) is 4.98 Å². The minimum Gasteiger partial charge on any atom is -0.309 e. The Kier molecular flexibility index (Phi) is 4.17. The van der Waals surface area contributed by atoms with E-state index in [1.807, 2.05) is 0 Å². The summed E-state index contributed by atoms with van der Waals surface area (Å²) in [6.45, 7) is 6.37. The van der Waals surface area contributed by atoms with Gasteiger partial charge >= 0.3 is 0 Å². The third-order valence-corrected chi connectivity index (χ3v) is 7.44. The highest BCUT2D eigenvalue weighted by molar-refractivity contribution is 7.18. The minimum atomic E-state index is 0.0475. The molecule has 0 saturated heterocycles. The number of rotatable bonds is 2. The molecule has 2 aromatic heterocycles. The normalized spacial score (nSPS) is 21.0. The molecule has 2 atom stereocenters. The molecule has 0 radical (unpaired) electrons. The van der Waals surface area contributed by atoms with Crippen molar-refractivity contribution >= 4 is 21.6 Å². The van der Waals surface area contributed by atoms with Gasteiger partial charge in [0.2, 0.25) is 0 Å². The van der Waals surface area contributed by atoms with Crippen LogP contribution in [0.2, 0.25) is 0 Å². The highest BCUT2D eigenvalue weighted by atomic mass is 32.1. The number of fused-ring (bicyclic) bond motifs is 4. The van der Waals surface area contributed by atoms with Crippen molar-refractivity contribution in [3.05, 3.63) is 62.0 Å². The Hall–Kier alpha value is -1.98. The number of H-pyrrole nitrogens is 1. The number of aromatic nitrogens is 2. The first-order chi connectivity index (χ1) is 13.1. The second-order valence-corrected chi connectivity index (χ2v) is 9.23. The van der Waals surface area contributed by atoms with Crippen molar-refractivity contribution in [1.29, 1.82) is 0 Å². The fourth-order valence-electron chi connectivity index (χ4n) is 4.58. The monoisotopic (exact) mass is 379 g/mol. The van der Waals surface area contributed by atoms with E-state index in [0.717, 1.165) is 48.4 Å². The van der Waals surface area contributed by atoms with E-state index in [4.69, 9.17) is 4.98 Å². The van der Waals surface area contributed by atoms with Gasteiger partial charge in [-0.3, -0.25) is 9.69 Å². The van der Waals surface area contributed by atoms with Crippen LogP contribution in [0.25, 0.3) is 10.2 Å². The van der Waals surface area contributed by atoms with Crippen LogP contribution in [0.3, 0.4) is 0 Å². The molecule has 4 nitrogen and oxygen atoms in total. The second kappa shape index (κ2) is 6.57. The van der Waals surface area contributed by atoms with Crippen LogP contribution in [0.5, 0.6) is 0 Å². The highest BCUT2D eigenvalue weighted by Gasteiger charge is 2.26. The van der Waals surface area contributed by atoms with Crippen LogP contribution in [0.1, 0.15) is 53.7 Å². The third-order valence-electron chi connectivity index (χ3n) is 6.29. The number of nitrogens with one attached hydrogen (secondary N) is 1. The van der Waals surface area contributed by atoms with Crippen molar-refractivity contribution in [3.8, 4) is 0 Å². The summed E-state index contributed by atoms with van der Waals surface area (Å²) in [5.74, 6) is 1.51. The fourth-order valence-corrected chi connectivity index (χ4v) is 5.97. The molecule has 0 bridgehead atoms. The van der Waals surface area contributed by atoms with Crippen LogP contribution >= 0.6 is 11.3 Å². The van der Waals surface area contributed by atoms with E-state index in [0.29, 0.717) is 5.92 Å². The molecule has 1 aromatic carbocycles. The number of aryl methyl sites for hydroxylation is 1. The number of aromatic amines is 1. The van der Waals surface area contributed by atoms with Crippen molar-refractivity contribution in [2.24, 2.45) is 5.92 Å². The van der Waals surface area contributed by atoms with E-state index in [-0.39, 0.29) is 11.6 Å². The maximum Gasteiger partial charge on any atom is 0.259 e. The van der Waals surface area contributed by atoms with E-state index in [1.165, 1.54) is 28.0 Å². The summed E-state index contributed by atoms with van der Waals surface area (Å²) in [6, 6.07) is 8.76. The van der Waals surface area contributed by atoms with Gasteiger partial charge in [-0.15, -0.1) is 11.3 Å². The van der Waals surface area contributed by atoms with E-state index in [9.17, 15) is 4.79 Å². The van der Waals surface area contributed by atoms with Crippen LogP contribution < -0.4 is 5.56 Å². The first-order valence-corrected chi connectivity index (χ1v) is 10.8. The molecule has 3 heterocycles. The molecule has 1 aliphatic heterocycles. The first-order valence-electron chi connectivity index (χ1n) is 9.95. The zero-order chi connectivity index (χ0) is 18.5. The topological polar surface area (TPSA) is 49.0 Å². The SMILES string of the molecule is CC1CCc2c(sc3nc(C(C)N4CCc5ccccc5C4)[nH]c(=O)c23)C1. The Labute approximate surface area is 163 Å². The molecule has 5 heteroatoms. The number of benzene rings is 1. The smallest absolute Gasteiger partial charge is 0.259 e. The molecular weight excluding hydrogens is 354 g/mol. The molecule has 0 amide bonds. The Morgan fingerprint density at radius 1 is 1.26 bits per heavy atom. The Bertz CT molecular complexity index is 1070. The van der Waals surface area contributed by atoms with E-state index in [2.05, 4.69) is 48.0 Å². The fraction of sp³-hybridized carbons (Fsp3) is 0.455. The molecular formula is C22H25N3OS. The standard InChI is InChI=1S/C22H25N3OS/c1-13-7-8-17-18(11-13)27-22-19(17)21(26)23-20(24-22)14(2)25-10-9-15-5-3-4-6-16(15)12-25/h3-6,13-14H,7-12H2,1-2H3,(H,23,24,26). The lowest BCUT2D eigenvalue weighted by Gasteiger charge is -2.33. The average Bonchev–Trinajstić information content (AvgIpc) is 3.04. The number of nitrogens with zero attached hydrogens (tertiary/aromatic N) is 2. The molecule has 1 aliphatic carbocycles. The molecule has 140 valence electrons. The maximum atomic E-state index is 12.9. The lowest BCUT2D eigenvalue weighted by molar-refractivity contribution is 0.185. The zero-order valence-electron chi connectivity index (χ0n) is 15.9. The Balaban J connectivity index is 1.49. The van der Waals surface area contributed by atoms with Gasteiger partial charge < -0.3 is 4.98 Å². The molecule has 27 heavy (non-hydrogen) atoms. The highest BCUT2D eigenvalue weighted by Crippen LogP contribution is 2.36. The maximum absolute atomic E-state index is 12.9. The van der Waals surface area contributed by atoms with Gasteiger partial charge in [0.1, 0.15) is 10.7 Å². The third kappa shape index (κ3) is 2.93. The summed E-state index contributed by atoms with van der Waals surface area (Å²) >= 11 is 1.73. The van der Waals surface area contributed by atoms with Crippen molar-refractivity contribution in [2.75, 3.05) is 6.54 Å². The molecule has 3 aromatic rings. The van der Waals surface area contributed by atoms with E-state index >= 15 is 0 Å². The van der Waals surface area contributed by atoms with Crippen LogP contribution in [-0.2, 0) is 25.8 Å². The number of hydrogen-bond donors (Lipinski definition) is 1. The van der Waals surface area contributed by atoms with Crippen molar-refractivity contribution in [2.45, 2.75) is 52.1 Å².